The number of fused-ring (bicyclic) bond motifs is 2. The number of nitrogens with two attached hydrogens (primary N) is 1. The second kappa shape index (κ2) is 10.0. The number of anilines is 1. The van der Waals surface area contributed by atoms with Crippen molar-refractivity contribution in [2.75, 3.05) is 5.32 Å². The minimum absolute atomic E-state index is 0.0663. The molecule has 37 heavy (non-hydrogen) atoms. The molecular weight excluding hydrogens is 600 g/mol. The molecule has 2 aromatic heterocycles. The first-order chi connectivity index (χ1) is 17.6. The maximum Gasteiger partial charge on any atom is 0.238 e. The van der Waals surface area contributed by atoms with Crippen LogP contribution in [-0.2, 0) is 14.8 Å². The Morgan fingerprint density at radius 3 is 2.65 bits per heavy atom. The number of imidazole rings is 1. The molecular formula is C24H18BrClN6O3S2. The molecule has 0 aliphatic carbocycles. The van der Waals surface area contributed by atoms with Crippen LogP contribution in [0.3, 0.4) is 0 Å². The summed E-state index contributed by atoms with van der Waals surface area (Å²) in [6.07, 6.45) is 1.55. The number of amides is 1. The van der Waals surface area contributed by atoms with Crippen LogP contribution in [0, 0.1) is 0 Å². The van der Waals surface area contributed by atoms with Gasteiger partial charge in [-0.1, -0.05) is 48.2 Å². The molecule has 5 aromatic rings. The molecule has 3 N–H and O–H groups in total. The van der Waals surface area contributed by atoms with Gasteiger partial charge in [-0.05, 0) is 64.1 Å². The van der Waals surface area contributed by atoms with Gasteiger partial charge < -0.3 is 5.32 Å². The van der Waals surface area contributed by atoms with E-state index in [1.54, 1.807) is 13.1 Å². The van der Waals surface area contributed by atoms with E-state index in [0.717, 1.165) is 16.5 Å². The average Bonchev–Trinajstić information content (AvgIpc) is 3.20. The number of halogens is 2. The summed E-state index contributed by atoms with van der Waals surface area (Å²) in [6, 6.07) is 18.0. The van der Waals surface area contributed by atoms with E-state index in [1.165, 1.54) is 30.0 Å². The Labute approximate surface area is 229 Å². The summed E-state index contributed by atoms with van der Waals surface area (Å²) < 4.78 is 25.4. The third-order valence-corrected chi connectivity index (χ3v) is 8.33. The third-order valence-electron chi connectivity index (χ3n) is 5.53. The van der Waals surface area contributed by atoms with Crippen LogP contribution in [0.1, 0.15) is 6.92 Å². The molecule has 5 rings (SSSR count). The quantitative estimate of drug-likeness (QED) is 0.199. The number of benzene rings is 3. The molecule has 0 radical (unpaired) electrons. The fourth-order valence-electron chi connectivity index (χ4n) is 3.75. The first kappa shape index (κ1) is 25.6. The predicted molar refractivity (Wildman–Crippen MR) is 149 cm³/mol. The highest BCUT2D eigenvalue weighted by Gasteiger charge is 2.23. The van der Waals surface area contributed by atoms with Crippen LogP contribution in [-0.4, -0.2) is 39.1 Å². The number of rotatable bonds is 6. The molecule has 1 amide bonds. The number of carbonyl (C=O) groups excluding carboxylic acids is 1. The van der Waals surface area contributed by atoms with Gasteiger partial charge in [0.1, 0.15) is 5.52 Å². The van der Waals surface area contributed by atoms with Crippen molar-refractivity contribution in [3.05, 3.63) is 76.6 Å². The van der Waals surface area contributed by atoms with E-state index in [1.807, 2.05) is 47.0 Å². The van der Waals surface area contributed by atoms with Crippen molar-refractivity contribution in [2.24, 2.45) is 5.14 Å². The number of thioether (sulfide) groups is 1. The van der Waals surface area contributed by atoms with Crippen molar-refractivity contribution < 1.29 is 13.2 Å². The van der Waals surface area contributed by atoms with Crippen LogP contribution >= 0.6 is 39.3 Å². The highest BCUT2D eigenvalue weighted by Crippen LogP contribution is 2.34. The van der Waals surface area contributed by atoms with E-state index in [4.69, 9.17) is 21.7 Å². The summed E-state index contributed by atoms with van der Waals surface area (Å²) in [5.41, 5.74) is 2.30. The molecule has 9 nitrogen and oxygen atoms in total. The number of nitrogens with zero attached hydrogens (tertiary/aromatic N) is 4. The Morgan fingerprint density at radius 2 is 1.89 bits per heavy atom. The summed E-state index contributed by atoms with van der Waals surface area (Å²) in [5, 5.41) is 10.1. The van der Waals surface area contributed by atoms with Gasteiger partial charge in [0.05, 0.1) is 27.7 Å². The minimum atomic E-state index is -3.87. The Morgan fingerprint density at radius 1 is 1.14 bits per heavy atom. The zero-order valence-corrected chi connectivity index (χ0v) is 23.1. The number of hydrogen-bond acceptors (Lipinski definition) is 7. The average molecular weight is 618 g/mol. The summed E-state index contributed by atoms with van der Waals surface area (Å²) in [4.78, 5) is 26.2. The Kier molecular flexibility index (Phi) is 6.94. The van der Waals surface area contributed by atoms with Gasteiger partial charge in [0.25, 0.3) is 0 Å². The van der Waals surface area contributed by atoms with Gasteiger partial charge in [-0.2, -0.15) is 4.98 Å². The molecule has 1 atom stereocenters. The summed E-state index contributed by atoms with van der Waals surface area (Å²) in [7, 11) is -3.87. The number of primary sulfonamides is 1. The molecule has 0 spiro atoms. The lowest BCUT2D eigenvalue weighted by Gasteiger charge is -2.15. The van der Waals surface area contributed by atoms with Crippen LogP contribution in [0.5, 0.6) is 0 Å². The summed E-state index contributed by atoms with van der Waals surface area (Å²) in [5.74, 6) is -0.310. The first-order valence-electron chi connectivity index (χ1n) is 10.8. The normalized spacial score (nSPS) is 12.6. The minimum Gasteiger partial charge on any atom is -0.324 e. The first-order valence-corrected chi connectivity index (χ1v) is 14.4. The van der Waals surface area contributed by atoms with Gasteiger partial charge in [0, 0.05) is 9.86 Å². The van der Waals surface area contributed by atoms with Crippen molar-refractivity contribution in [3.63, 3.8) is 0 Å². The Balaban J connectivity index is 1.51. The standard InChI is InChI=1S/C24H18BrClN6O3S2/c1-13(22(33)29-18-10-9-15(11-17(18)25)37(27,34)35)36-24-30-19-12-28-23(26)31-21(19)32(24)20-8-4-6-14-5-2-3-7-16(14)20/h2-13H,1H3,(H,29,33)(H2,27,34,35). The second-order valence-electron chi connectivity index (χ2n) is 8.01. The fourth-order valence-corrected chi connectivity index (χ4v) is 5.97. The molecule has 0 bridgehead atoms. The van der Waals surface area contributed by atoms with Crippen molar-refractivity contribution in [3.8, 4) is 5.69 Å². The largest absolute Gasteiger partial charge is 0.324 e. The maximum atomic E-state index is 13.1. The summed E-state index contributed by atoms with van der Waals surface area (Å²) in [6.45, 7) is 1.75. The van der Waals surface area contributed by atoms with Crippen molar-refractivity contribution in [2.45, 2.75) is 22.2 Å². The summed E-state index contributed by atoms with van der Waals surface area (Å²) >= 11 is 10.7. The van der Waals surface area contributed by atoms with E-state index >= 15 is 0 Å². The van der Waals surface area contributed by atoms with E-state index in [0.29, 0.717) is 26.5 Å². The maximum absolute atomic E-state index is 13.1. The molecule has 13 heteroatoms. The van der Waals surface area contributed by atoms with Gasteiger partial charge in [0.15, 0.2) is 10.8 Å². The SMILES string of the molecule is CC(Sc1nc2cnc(Cl)nc2n1-c1cccc2ccccc12)C(=O)Nc1ccc(S(N)(=O)=O)cc1Br. The highest BCUT2D eigenvalue weighted by atomic mass is 79.9. The van der Waals surface area contributed by atoms with E-state index in [9.17, 15) is 13.2 Å². The van der Waals surface area contributed by atoms with Crippen LogP contribution in [0.2, 0.25) is 5.28 Å². The molecule has 3 aromatic carbocycles. The van der Waals surface area contributed by atoms with Crippen LogP contribution in [0.25, 0.3) is 27.6 Å². The predicted octanol–water partition coefficient (Wildman–Crippen LogP) is 5.15. The zero-order chi connectivity index (χ0) is 26.3. The lowest BCUT2D eigenvalue weighted by Crippen LogP contribution is -2.23. The molecule has 188 valence electrons. The molecule has 0 aliphatic rings. The molecule has 0 fully saturated rings. The fraction of sp³-hybridized carbons (Fsp3) is 0.0833. The molecule has 1 unspecified atom stereocenters. The number of aromatic nitrogens is 4. The zero-order valence-electron chi connectivity index (χ0n) is 19.1. The van der Waals surface area contributed by atoms with E-state index in [-0.39, 0.29) is 16.1 Å². The van der Waals surface area contributed by atoms with Gasteiger partial charge in [-0.15, -0.1) is 0 Å². The molecule has 0 aliphatic heterocycles. The van der Waals surface area contributed by atoms with Crippen molar-refractivity contribution >= 4 is 82.8 Å². The number of nitrogens with one attached hydrogen (secondary N) is 1. The monoisotopic (exact) mass is 616 g/mol. The van der Waals surface area contributed by atoms with Gasteiger partial charge in [-0.3, -0.25) is 9.36 Å². The smallest absolute Gasteiger partial charge is 0.238 e. The number of sulfonamides is 1. The number of carbonyl (C=O) groups is 1. The number of hydrogen-bond donors (Lipinski definition) is 2. The Bertz CT molecular complexity index is 1790. The highest BCUT2D eigenvalue weighted by molar-refractivity contribution is 9.10. The van der Waals surface area contributed by atoms with E-state index in [2.05, 4.69) is 31.2 Å². The second-order valence-corrected chi connectivity index (χ2v) is 12.1. The Hall–Kier alpha value is -3.03. The lowest BCUT2D eigenvalue weighted by atomic mass is 10.1. The van der Waals surface area contributed by atoms with Gasteiger partial charge >= 0.3 is 0 Å². The topological polar surface area (TPSA) is 133 Å². The molecule has 2 heterocycles. The van der Waals surface area contributed by atoms with Crippen molar-refractivity contribution in [1.29, 1.82) is 0 Å². The van der Waals surface area contributed by atoms with Gasteiger partial charge in [-0.25, -0.2) is 23.5 Å². The van der Waals surface area contributed by atoms with Crippen LogP contribution in [0.4, 0.5) is 5.69 Å². The third kappa shape index (κ3) is 5.20. The molecule has 0 saturated carbocycles. The van der Waals surface area contributed by atoms with Crippen molar-refractivity contribution in [1.82, 2.24) is 19.5 Å². The lowest BCUT2D eigenvalue weighted by molar-refractivity contribution is -0.115. The van der Waals surface area contributed by atoms with E-state index < -0.39 is 15.3 Å². The molecule has 0 saturated heterocycles. The van der Waals surface area contributed by atoms with Crippen LogP contribution in [0.15, 0.2) is 81.4 Å². The van der Waals surface area contributed by atoms with Crippen LogP contribution < -0.4 is 10.5 Å². The van der Waals surface area contributed by atoms with Gasteiger partial charge in [0.2, 0.25) is 21.2 Å².